The topological polar surface area (TPSA) is 38.1 Å². The van der Waals surface area contributed by atoms with E-state index in [2.05, 4.69) is 51.7 Å². The maximum Gasteiger partial charge on any atom is 0.334 e. The number of carbonyl (C=O) groups excluding carboxylic acids is 1. The molecule has 22 heavy (non-hydrogen) atoms. The van der Waals surface area contributed by atoms with Gasteiger partial charge in [0.1, 0.15) is 6.33 Å². The van der Waals surface area contributed by atoms with Crippen LogP contribution in [0.2, 0.25) is 0 Å². The van der Waals surface area contributed by atoms with Crippen LogP contribution in [-0.4, -0.2) is 21.6 Å². The summed E-state index contributed by atoms with van der Waals surface area (Å²) >= 11 is 0. The normalized spacial score (nSPS) is 12.5. The Morgan fingerprint density at radius 3 is 2.36 bits per heavy atom. The van der Waals surface area contributed by atoms with Gasteiger partial charge < -0.3 is 0 Å². The van der Waals surface area contributed by atoms with Crippen LogP contribution in [0.5, 0.6) is 0 Å². The maximum absolute atomic E-state index is 13.0. The number of benzene rings is 1. The van der Waals surface area contributed by atoms with Crippen molar-refractivity contribution in [2.24, 2.45) is 5.92 Å². The fourth-order valence-electron chi connectivity index (χ4n) is 2.97. The highest BCUT2D eigenvalue weighted by Crippen LogP contribution is 2.29. The summed E-state index contributed by atoms with van der Waals surface area (Å²) in [6.45, 7) is 10.6. The second kappa shape index (κ2) is 6.77. The van der Waals surface area contributed by atoms with Crippen LogP contribution in [0.1, 0.15) is 38.3 Å². The molecule has 0 saturated heterocycles. The Kier molecular flexibility index (Phi) is 5.01. The van der Waals surface area contributed by atoms with Crippen LogP contribution in [0, 0.1) is 19.8 Å². The fraction of sp³-hybridized carbons (Fsp3) is 0.444. The van der Waals surface area contributed by atoms with Crippen LogP contribution in [0.3, 0.4) is 0 Å². The predicted octanol–water partition coefficient (Wildman–Crippen LogP) is 4.41. The summed E-state index contributed by atoms with van der Waals surface area (Å²) in [5, 5.41) is 0. The van der Waals surface area contributed by atoms with Gasteiger partial charge >= 0.3 is 6.03 Å². The molecule has 2 rings (SSSR count). The molecule has 0 fully saturated rings. The van der Waals surface area contributed by atoms with Crippen molar-refractivity contribution < 1.29 is 4.79 Å². The van der Waals surface area contributed by atoms with Crippen LogP contribution < -0.4 is 4.90 Å². The first kappa shape index (κ1) is 16.3. The molecular weight excluding hydrogens is 274 g/mol. The summed E-state index contributed by atoms with van der Waals surface area (Å²) in [5.41, 5.74) is 3.24. The lowest BCUT2D eigenvalue weighted by atomic mass is 10.0. The van der Waals surface area contributed by atoms with Crippen molar-refractivity contribution in [1.82, 2.24) is 9.55 Å². The van der Waals surface area contributed by atoms with E-state index in [9.17, 15) is 4.79 Å². The SMILES string of the molecule is Cc1cccc(C)c1N(C(=O)n1ccnc1)C(C)CC(C)C. The first-order chi connectivity index (χ1) is 10.4. The summed E-state index contributed by atoms with van der Waals surface area (Å²) in [6, 6.07) is 6.20. The Hall–Kier alpha value is -2.10. The maximum atomic E-state index is 13.0. The molecule has 1 aromatic carbocycles. The van der Waals surface area contributed by atoms with Crippen molar-refractivity contribution in [3.05, 3.63) is 48.0 Å². The first-order valence-electron chi connectivity index (χ1n) is 7.79. The Morgan fingerprint density at radius 1 is 1.23 bits per heavy atom. The van der Waals surface area contributed by atoms with Gasteiger partial charge in [-0.2, -0.15) is 0 Å². The summed E-state index contributed by atoms with van der Waals surface area (Å²) in [7, 11) is 0. The molecule has 4 nitrogen and oxygen atoms in total. The zero-order chi connectivity index (χ0) is 16.3. The van der Waals surface area contributed by atoms with Crippen LogP contribution in [0.4, 0.5) is 10.5 Å². The molecule has 0 radical (unpaired) electrons. The van der Waals surface area contributed by atoms with Gasteiger partial charge in [0.2, 0.25) is 0 Å². The van der Waals surface area contributed by atoms with Gasteiger partial charge in [-0.25, -0.2) is 9.78 Å². The van der Waals surface area contributed by atoms with Gasteiger partial charge in [0.05, 0.1) is 5.69 Å². The number of aromatic nitrogens is 2. The summed E-state index contributed by atoms with van der Waals surface area (Å²) in [5.74, 6) is 0.525. The van der Waals surface area contributed by atoms with Crippen molar-refractivity contribution in [3.63, 3.8) is 0 Å². The van der Waals surface area contributed by atoms with Gasteiger partial charge in [0, 0.05) is 18.4 Å². The molecule has 118 valence electrons. The molecule has 1 aromatic heterocycles. The van der Waals surface area contributed by atoms with Crippen molar-refractivity contribution in [3.8, 4) is 0 Å². The van der Waals surface area contributed by atoms with Crippen molar-refractivity contribution >= 4 is 11.7 Å². The molecule has 0 saturated carbocycles. The molecule has 0 aliphatic rings. The summed E-state index contributed by atoms with van der Waals surface area (Å²) in [4.78, 5) is 18.9. The van der Waals surface area contributed by atoms with Gasteiger partial charge in [-0.3, -0.25) is 9.47 Å². The molecular formula is C18H25N3O. The van der Waals surface area contributed by atoms with E-state index in [0.717, 1.165) is 23.2 Å². The molecule has 0 bridgehead atoms. The number of hydrogen-bond donors (Lipinski definition) is 0. The number of amides is 1. The Labute approximate surface area is 132 Å². The highest BCUT2D eigenvalue weighted by Gasteiger charge is 2.26. The van der Waals surface area contributed by atoms with Gasteiger partial charge in [0.25, 0.3) is 0 Å². The molecule has 1 unspecified atom stereocenters. The van der Waals surface area contributed by atoms with Crippen LogP contribution in [-0.2, 0) is 0 Å². The molecule has 0 aliphatic heterocycles. The standard InChI is InChI=1S/C18H25N3O/c1-13(2)11-16(5)21(18(22)20-10-9-19-12-20)17-14(3)7-6-8-15(17)4/h6-10,12-13,16H,11H2,1-5H3. The van der Waals surface area contributed by atoms with Gasteiger partial charge in [-0.1, -0.05) is 32.0 Å². The Balaban J connectivity index is 2.48. The van der Waals surface area contributed by atoms with Crippen LogP contribution in [0.25, 0.3) is 0 Å². The van der Waals surface area contributed by atoms with Crippen LogP contribution >= 0.6 is 0 Å². The number of hydrogen-bond acceptors (Lipinski definition) is 2. The number of nitrogens with zero attached hydrogens (tertiary/aromatic N) is 3. The van der Waals surface area contributed by atoms with E-state index in [1.807, 2.05) is 11.0 Å². The largest absolute Gasteiger partial charge is 0.334 e. The van der Waals surface area contributed by atoms with Gasteiger partial charge in [0.15, 0.2) is 0 Å². The second-order valence-electron chi connectivity index (χ2n) is 6.34. The van der Waals surface area contributed by atoms with Crippen molar-refractivity contribution in [2.45, 2.75) is 47.1 Å². The summed E-state index contributed by atoms with van der Waals surface area (Å²) in [6.07, 6.45) is 5.85. The van der Waals surface area contributed by atoms with E-state index < -0.39 is 0 Å². The molecule has 1 heterocycles. The van der Waals surface area contributed by atoms with Crippen molar-refractivity contribution in [1.29, 1.82) is 0 Å². The third-order valence-electron chi connectivity index (χ3n) is 3.87. The minimum Gasteiger partial charge on any atom is -0.290 e. The monoisotopic (exact) mass is 299 g/mol. The first-order valence-corrected chi connectivity index (χ1v) is 7.79. The molecule has 0 spiro atoms. The lowest BCUT2D eigenvalue weighted by Crippen LogP contribution is -2.42. The molecule has 2 aromatic rings. The van der Waals surface area contributed by atoms with Gasteiger partial charge in [-0.15, -0.1) is 0 Å². The number of imidazole rings is 1. The van der Waals surface area contributed by atoms with Gasteiger partial charge in [-0.05, 0) is 44.2 Å². The average molecular weight is 299 g/mol. The third kappa shape index (κ3) is 3.38. The second-order valence-corrected chi connectivity index (χ2v) is 6.34. The lowest BCUT2D eigenvalue weighted by molar-refractivity contribution is 0.244. The molecule has 0 aliphatic carbocycles. The van der Waals surface area contributed by atoms with Crippen molar-refractivity contribution in [2.75, 3.05) is 4.90 Å². The predicted molar refractivity (Wildman–Crippen MR) is 90.3 cm³/mol. The molecule has 1 amide bonds. The lowest BCUT2D eigenvalue weighted by Gasteiger charge is -2.32. The highest BCUT2D eigenvalue weighted by atomic mass is 16.2. The molecule has 1 atom stereocenters. The quantitative estimate of drug-likeness (QED) is 0.838. The van der Waals surface area contributed by atoms with Crippen LogP contribution in [0.15, 0.2) is 36.9 Å². The van der Waals surface area contributed by atoms with E-state index in [1.165, 1.54) is 0 Å². The molecule has 0 N–H and O–H groups in total. The number of aryl methyl sites for hydroxylation is 2. The highest BCUT2D eigenvalue weighted by molar-refractivity contribution is 5.95. The number of anilines is 1. The fourth-order valence-corrected chi connectivity index (χ4v) is 2.97. The minimum atomic E-state index is -0.0527. The molecule has 4 heteroatoms. The van der Waals surface area contributed by atoms with E-state index in [4.69, 9.17) is 0 Å². The van der Waals surface area contributed by atoms with E-state index in [0.29, 0.717) is 5.92 Å². The smallest absolute Gasteiger partial charge is 0.290 e. The number of carbonyl (C=O) groups is 1. The van der Waals surface area contributed by atoms with E-state index in [-0.39, 0.29) is 12.1 Å². The average Bonchev–Trinajstić information content (AvgIpc) is 2.95. The number of rotatable bonds is 4. The minimum absolute atomic E-state index is 0.0527. The number of para-hydroxylation sites is 1. The Morgan fingerprint density at radius 2 is 1.86 bits per heavy atom. The zero-order valence-corrected chi connectivity index (χ0v) is 14.1. The zero-order valence-electron chi connectivity index (χ0n) is 14.1. The third-order valence-corrected chi connectivity index (χ3v) is 3.87. The van der Waals surface area contributed by atoms with E-state index >= 15 is 0 Å². The van der Waals surface area contributed by atoms with E-state index in [1.54, 1.807) is 23.3 Å². The summed E-state index contributed by atoms with van der Waals surface area (Å²) < 4.78 is 1.54. The Bertz CT molecular complexity index is 612.